The van der Waals surface area contributed by atoms with Crippen LogP contribution in [-0.4, -0.2) is 24.2 Å². The van der Waals surface area contributed by atoms with Gasteiger partial charge in [0, 0.05) is 18.3 Å². The average molecular weight is 328 g/mol. The van der Waals surface area contributed by atoms with E-state index in [0.717, 1.165) is 12.0 Å². The highest BCUT2D eigenvalue weighted by Crippen LogP contribution is 2.10. The Bertz CT molecular complexity index is 589. The number of nitrogens with two attached hydrogens (primary N) is 1. The second-order valence-corrected chi connectivity index (χ2v) is 6.13. The van der Waals surface area contributed by atoms with Gasteiger partial charge in [-0.3, -0.25) is 4.79 Å². The first kappa shape index (κ1) is 17.6. The van der Waals surface area contributed by atoms with Crippen LogP contribution in [-0.2, 0) is 17.6 Å². The number of hydrogen-bond acceptors (Lipinski definition) is 3. The summed E-state index contributed by atoms with van der Waals surface area (Å²) in [5.74, 6) is 0.409. The SMILES string of the molecule is N[C@H](CNC(=O)C(CS)Cc1ccccc1)Cc1ccccc1. The highest BCUT2D eigenvalue weighted by atomic mass is 32.1. The van der Waals surface area contributed by atoms with Crippen LogP contribution in [0.2, 0.25) is 0 Å². The molecule has 0 radical (unpaired) electrons. The Hall–Kier alpha value is -1.78. The summed E-state index contributed by atoms with van der Waals surface area (Å²) in [6.07, 6.45) is 1.45. The van der Waals surface area contributed by atoms with E-state index in [4.69, 9.17) is 5.73 Å². The van der Waals surface area contributed by atoms with Crippen molar-refractivity contribution in [3.63, 3.8) is 0 Å². The summed E-state index contributed by atoms with van der Waals surface area (Å²) in [5.41, 5.74) is 8.45. The quantitative estimate of drug-likeness (QED) is 0.652. The number of rotatable bonds is 8. The molecular weight excluding hydrogens is 304 g/mol. The summed E-state index contributed by atoms with van der Waals surface area (Å²) >= 11 is 4.32. The predicted octanol–water partition coefficient (Wildman–Crippen LogP) is 2.46. The van der Waals surface area contributed by atoms with Gasteiger partial charge in [-0.15, -0.1) is 0 Å². The molecule has 23 heavy (non-hydrogen) atoms. The maximum Gasteiger partial charge on any atom is 0.224 e. The Labute approximate surface area is 143 Å². The number of amides is 1. The van der Waals surface area contributed by atoms with Crippen molar-refractivity contribution in [2.45, 2.75) is 18.9 Å². The number of nitrogens with one attached hydrogen (secondary N) is 1. The third-order valence-electron chi connectivity index (χ3n) is 3.80. The maximum absolute atomic E-state index is 12.3. The fourth-order valence-electron chi connectivity index (χ4n) is 2.50. The summed E-state index contributed by atoms with van der Waals surface area (Å²) in [7, 11) is 0. The van der Waals surface area contributed by atoms with Gasteiger partial charge in [0.1, 0.15) is 0 Å². The van der Waals surface area contributed by atoms with E-state index in [1.807, 2.05) is 60.7 Å². The van der Waals surface area contributed by atoms with Gasteiger partial charge in [0.25, 0.3) is 0 Å². The molecule has 2 aromatic rings. The Morgan fingerprint density at radius 3 is 2.00 bits per heavy atom. The smallest absolute Gasteiger partial charge is 0.224 e. The normalized spacial score (nSPS) is 13.3. The second kappa shape index (κ2) is 9.38. The topological polar surface area (TPSA) is 55.1 Å². The van der Waals surface area contributed by atoms with Crippen molar-refractivity contribution in [3.8, 4) is 0 Å². The minimum atomic E-state index is -0.135. The van der Waals surface area contributed by atoms with Crippen LogP contribution in [0.1, 0.15) is 11.1 Å². The predicted molar refractivity (Wildman–Crippen MR) is 98.6 cm³/mol. The number of carbonyl (C=O) groups excluding carboxylic acids is 1. The lowest BCUT2D eigenvalue weighted by Crippen LogP contribution is -2.42. The summed E-state index contributed by atoms with van der Waals surface area (Å²) < 4.78 is 0. The van der Waals surface area contributed by atoms with E-state index >= 15 is 0 Å². The molecule has 3 nitrogen and oxygen atoms in total. The molecule has 0 fully saturated rings. The van der Waals surface area contributed by atoms with Crippen molar-refractivity contribution in [2.75, 3.05) is 12.3 Å². The average Bonchev–Trinajstić information content (AvgIpc) is 2.59. The van der Waals surface area contributed by atoms with Crippen molar-refractivity contribution in [1.29, 1.82) is 0 Å². The van der Waals surface area contributed by atoms with Gasteiger partial charge in [-0.25, -0.2) is 0 Å². The van der Waals surface area contributed by atoms with Crippen molar-refractivity contribution in [3.05, 3.63) is 71.8 Å². The first-order chi connectivity index (χ1) is 11.2. The number of carbonyl (C=O) groups is 1. The molecule has 2 atom stereocenters. The van der Waals surface area contributed by atoms with E-state index in [2.05, 4.69) is 17.9 Å². The lowest BCUT2D eigenvalue weighted by molar-refractivity contribution is -0.124. The molecule has 122 valence electrons. The van der Waals surface area contributed by atoms with Crippen LogP contribution in [0, 0.1) is 5.92 Å². The van der Waals surface area contributed by atoms with Gasteiger partial charge >= 0.3 is 0 Å². The van der Waals surface area contributed by atoms with E-state index in [1.165, 1.54) is 5.56 Å². The largest absolute Gasteiger partial charge is 0.354 e. The fourth-order valence-corrected chi connectivity index (χ4v) is 2.80. The molecule has 0 saturated carbocycles. The number of benzene rings is 2. The highest BCUT2D eigenvalue weighted by Gasteiger charge is 2.18. The summed E-state index contributed by atoms with van der Waals surface area (Å²) in [6, 6.07) is 20.0. The first-order valence-corrected chi connectivity index (χ1v) is 8.54. The van der Waals surface area contributed by atoms with Crippen LogP contribution in [0.4, 0.5) is 0 Å². The molecule has 3 N–H and O–H groups in total. The molecule has 0 heterocycles. The monoisotopic (exact) mass is 328 g/mol. The molecule has 0 aromatic heterocycles. The Morgan fingerprint density at radius 1 is 0.957 bits per heavy atom. The zero-order valence-electron chi connectivity index (χ0n) is 13.2. The van der Waals surface area contributed by atoms with Crippen molar-refractivity contribution < 1.29 is 4.79 Å². The number of thiol groups is 1. The van der Waals surface area contributed by atoms with E-state index in [-0.39, 0.29) is 17.9 Å². The van der Waals surface area contributed by atoms with Crippen LogP contribution >= 0.6 is 12.6 Å². The van der Waals surface area contributed by atoms with E-state index in [1.54, 1.807) is 0 Å². The molecular formula is C19H24N2OS. The van der Waals surface area contributed by atoms with Crippen LogP contribution in [0.3, 0.4) is 0 Å². The van der Waals surface area contributed by atoms with Crippen LogP contribution in [0.15, 0.2) is 60.7 Å². The zero-order chi connectivity index (χ0) is 16.5. The maximum atomic E-state index is 12.3. The minimum absolute atomic E-state index is 0.0207. The van der Waals surface area contributed by atoms with Crippen molar-refractivity contribution >= 4 is 18.5 Å². The van der Waals surface area contributed by atoms with Gasteiger partial charge in [-0.1, -0.05) is 60.7 Å². The lowest BCUT2D eigenvalue weighted by atomic mass is 10.00. The Balaban J connectivity index is 1.80. The number of hydrogen-bond donors (Lipinski definition) is 3. The van der Waals surface area contributed by atoms with E-state index in [9.17, 15) is 4.79 Å². The van der Waals surface area contributed by atoms with Crippen LogP contribution in [0.25, 0.3) is 0 Å². The van der Waals surface area contributed by atoms with Gasteiger partial charge in [-0.2, -0.15) is 12.6 Å². The highest BCUT2D eigenvalue weighted by molar-refractivity contribution is 7.80. The van der Waals surface area contributed by atoms with Crippen molar-refractivity contribution in [1.82, 2.24) is 5.32 Å². The molecule has 0 bridgehead atoms. The van der Waals surface area contributed by atoms with Gasteiger partial charge in [-0.05, 0) is 24.0 Å². The Kier molecular flexibility index (Phi) is 7.17. The first-order valence-electron chi connectivity index (χ1n) is 7.91. The molecule has 0 aliphatic carbocycles. The lowest BCUT2D eigenvalue weighted by Gasteiger charge is -2.17. The van der Waals surface area contributed by atoms with E-state index < -0.39 is 0 Å². The standard InChI is InChI=1S/C19H24N2OS/c20-18(12-16-9-5-2-6-10-16)13-21-19(22)17(14-23)11-15-7-3-1-4-8-15/h1-10,17-18,23H,11-14,20H2,(H,21,22)/t17?,18-/m0/s1. The summed E-state index contributed by atoms with van der Waals surface area (Å²) in [6.45, 7) is 0.479. The minimum Gasteiger partial charge on any atom is -0.354 e. The van der Waals surface area contributed by atoms with Gasteiger partial charge < -0.3 is 11.1 Å². The molecule has 2 rings (SSSR count). The molecule has 2 aromatic carbocycles. The third-order valence-corrected chi connectivity index (χ3v) is 4.24. The van der Waals surface area contributed by atoms with Crippen LogP contribution < -0.4 is 11.1 Å². The molecule has 0 aliphatic heterocycles. The van der Waals surface area contributed by atoms with Crippen LogP contribution in [0.5, 0.6) is 0 Å². The summed E-state index contributed by atoms with van der Waals surface area (Å²) in [5, 5.41) is 2.96. The molecule has 4 heteroatoms. The molecule has 0 spiro atoms. The second-order valence-electron chi connectivity index (χ2n) is 5.76. The van der Waals surface area contributed by atoms with Gasteiger partial charge in [0.05, 0.1) is 5.92 Å². The fraction of sp³-hybridized carbons (Fsp3) is 0.316. The molecule has 0 aliphatic rings. The van der Waals surface area contributed by atoms with Gasteiger partial charge in [0.2, 0.25) is 5.91 Å². The molecule has 1 unspecified atom stereocenters. The van der Waals surface area contributed by atoms with E-state index in [0.29, 0.717) is 18.7 Å². The third kappa shape index (κ3) is 6.08. The summed E-state index contributed by atoms with van der Waals surface area (Å²) in [4.78, 5) is 12.3. The molecule has 1 amide bonds. The zero-order valence-corrected chi connectivity index (χ0v) is 14.1. The van der Waals surface area contributed by atoms with Crippen molar-refractivity contribution in [2.24, 2.45) is 11.7 Å². The molecule has 0 saturated heterocycles. The Morgan fingerprint density at radius 2 is 1.48 bits per heavy atom. The van der Waals surface area contributed by atoms with Gasteiger partial charge in [0.15, 0.2) is 0 Å².